The molecule has 1 spiro atoms. The third-order valence-corrected chi connectivity index (χ3v) is 7.18. The van der Waals surface area contributed by atoms with Crippen LogP contribution in [0.1, 0.15) is 25.8 Å². The maximum atomic E-state index is 14.2. The predicted octanol–water partition coefficient (Wildman–Crippen LogP) is 3.37. The quantitative estimate of drug-likeness (QED) is 0.735. The number of rotatable bonds is 2. The van der Waals surface area contributed by atoms with Crippen LogP contribution >= 0.6 is 0 Å². The Balaban J connectivity index is 1.66. The second-order valence-corrected chi connectivity index (χ2v) is 9.29. The van der Waals surface area contributed by atoms with E-state index in [1.807, 2.05) is 18.2 Å². The van der Waals surface area contributed by atoms with Crippen molar-refractivity contribution in [2.75, 3.05) is 23.5 Å². The number of carbonyl (C=O) groups is 3. The number of imide groups is 2. The van der Waals surface area contributed by atoms with Gasteiger partial charge >= 0.3 is 6.03 Å². The number of fused-ring (bicyclic) bond motifs is 4. The Hall–Kier alpha value is -3.35. The normalized spacial score (nSPS) is 29.5. The van der Waals surface area contributed by atoms with E-state index in [9.17, 15) is 14.4 Å². The van der Waals surface area contributed by atoms with Gasteiger partial charge in [0.25, 0.3) is 5.91 Å². The molecule has 3 heterocycles. The first-order chi connectivity index (χ1) is 15.4. The van der Waals surface area contributed by atoms with E-state index in [1.54, 1.807) is 31.4 Å². The van der Waals surface area contributed by atoms with Crippen LogP contribution in [0.2, 0.25) is 0 Å². The number of barbiturate groups is 1. The van der Waals surface area contributed by atoms with Gasteiger partial charge in [-0.3, -0.25) is 14.9 Å². The van der Waals surface area contributed by atoms with Gasteiger partial charge < -0.3 is 9.64 Å². The van der Waals surface area contributed by atoms with Gasteiger partial charge in [-0.25, -0.2) is 9.69 Å². The van der Waals surface area contributed by atoms with Crippen LogP contribution in [0, 0.1) is 17.3 Å². The monoisotopic (exact) mass is 433 g/mol. The molecule has 4 atom stereocenters. The number of methoxy groups -OCH3 is 1. The van der Waals surface area contributed by atoms with Crippen molar-refractivity contribution < 1.29 is 19.1 Å². The van der Waals surface area contributed by atoms with Gasteiger partial charge in [0, 0.05) is 12.2 Å². The first kappa shape index (κ1) is 20.5. The lowest BCUT2D eigenvalue weighted by molar-refractivity contribution is -0.146. The van der Waals surface area contributed by atoms with Crippen molar-refractivity contribution in [3.05, 3.63) is 54.1 Å². The molecule has 0 saturated carbocycles. The Labute approximate surface area is 187 Å². The van der Waals surface area contributed by atoms with E-state index in [-0.39, 0.29) is 18.4 Å². The summed E-state index contributed by atoms with van der Waals surface area (Å²) in [7, 11) is 1.56. The SMILES string of the molecule is COc1ccc(N2C(=O)NC(=O)[C@@]3(Cc4ccccc4N4C[C@H](C)C[C@H](C)[C@@H]43)C2=O)cc1. The van der Waals surface area contributed by atoms with Crippen molar-refractivity contribution >= 4 is 29.2 Å². The minimum absolute atomic E-state index is 0.104. The largest absolute Gasteiger partial charge is 0.497 e. The van der Waals surface area contributed by atoms with Crippen LogP contribution in [-0.4, -0.2) is 37.5 Å². The summed E-state index contributed by atoms with van der Waals surface area (Å²) in [6, 6.07) is 13.7. The molecule has 0 aliphatic carbocycles. The number of piperidine rings is 1. The number of amides is 4. The third kappa shape index (κ3) is 2.83. The summed E-state index contributed by atoms with van der Waals surface area (Å²) in [5, 5.41) is 2.51. The number of hydrogen-bond donors (Lipinski definition) is 1. The van der Waals surface area contributed by atoms with Gasteiger partial charge in [-0.2, -0.15) is 0 Å². The highest BCUT2D eigenvalue weighted by Gasteiger charge is 2.64. The molecule has 0 bridgehead atoms. The maximum absolute atomic E-state index is 14.2. The smallest absolute Gasteiger partial charge is 0.335 e. The molecule has 32 heavy (non-hydrogen) atoms. The average Bonchev–Trinajstić information content (AvgIpc) is 2.77. The Morgan fingerprint density at radius 2 is 1.75 bits per heavy atom. The molecular formula is C25H27N3O4. The Morgan fingerprint density at radius 3 is 2.47 bits per heavy atom. The van der Waals surface area contributed by atoms with Gasteiger partial charge in [0.15, 0.2) is 5.41 Å². The number of nitrogens with one attached hydrogen (secondary N) is 1. The van der Waals surface area contributed by atoms with Crippen molar-refractivity contribution in [2.24, 2.45) is 17.3 Å². The van der Waals surface area contributed by atoms with Gasteiger partial charge in [0.1, 0.15) is 5.75 Å². The van der Waals surface area contributed by atoms with Crippen molar-refractivity contribution in [1.82, 2.24) is 5.32 Å². The molecule has 0 aromatic heterocycles. The molecule has 0 unspecified atom stereocenters. The Bertz CT molecular complexity index is 1100. The summed E-state index contributed by atoms with van der Waals surface area (Å²) < 4.78 is 5.21. The summed E-state index contributed by atoms with van der Waals surface area (Å²) >= 11 is 0. The number of para-hydroxylation sites is 1. The summed E-state index contributed by atoms with van der Waals surface area (Å²) in [5.41, 5.74) is 1.08. The van der Waals surface area contributed by atoms with Gasteiger partial charge in [0.2, 0.25) is 5.91 Å². The van der Waals surface area contributed by atoms with Crippen LogP contribution < -0.4 is 19.9 Å². The zero-order chi connectivity index (χ0) is 22.6. The van der Waals surface area contributed by atoms with E-state index in [0.717, 1.165) is 29.1 Å². The maximum Gasteiger partial charge on any atom is 0.335 e. The lowest BCUT2D eigenvalue weighted by Crippen LogP contribution is -2.74. The summed E-state index contributed by atoms with van der Waals surface area (Å²) in [4.78, 5) is 43.9. The first-order valence-corrected chi connectivity index (χ1v) is 11.1. The van der Waals surface area contributed by atoms with Crippen LogP contribution in [0.5, 0.6) is 5.75 Å². The van der Waals surface area contributed by atoms with Gasteiger partial charge in [0.05, 0.1) is 18.8 Å². The number of hydrogen-bond acceptors (Lipinski definition) is 5. The molecule has 166 valence electrons. The number of benzene rings is 2. The fourth-order valence-electron chi connectivity index (χ4n) is 5.98. The highest BCUT2D eigenvalue weighted by atomic mass is 16.5. The summed E-state index contributed by atoms with van der Waals surface area (Å²) in [6.07, 6.45) is 1.19. The number of nitrogens with zero attached hydrogens (tertiary/aromatic N) is 2. The molecule has 2 fully saturated rings. The van der Waals surface area contributed by atoms with Crippen molar-refractivity contribution in [1.29, 1.82) is 0 Å². The van der Waals surface area contributed by atoms with E-state index in [1.165, 1.54) is 0 Å². The highest BCUT2D eigenvalue weighted by molar-refractivity contribution is 6.30. The second kappa shape index (κ2) is 7.36. The fraction of sp³-hybridized carbons (Fsp3) is 0.400. The summed E-state index contributed by atoms with van der Waals surface area (Å²) in [5.74, 6) is 0.209. The molecule has 3 aliphatic heterocycles. The van der Waals surface area contributed by atoms with Crippen molar-refractivity contribution in [3.63, 3.8) is 0 Å². The fourth-order valence-corrected chi connectivity index (χ4v) is 5.98. The molecule has 5 rings (SSSR count). The van der Waals surface area contributed by atoms with Gasteiger partial charge in [-0.05, 0) is 60.6 Å². The molecule has 3 aliphatic rings. The average molecular weight is 434 g/mol. The highest BCUT2D eigenvalue weighted by Crippen LogP contribution is 2.50. The third-order valence-electron chi connectivity index (χ3n) is 7.18. The molecule has 7 nitrogen and oxygen atoms in total. The molecule has 2 aromatic rings. The van der Waals surface area contributed by atoms with E-state index >= 15 is 0 Å². The minimum atomic E-state index is -1.37. The first-order valence-electron chi connectivity index (χ1n) is 11.1. The molecule has 1 N–H and O–H groups in total. The molecular weight excluding hydrogens is 406 g/mol. The van der Waals surface area contributed by atoms with Crippen LogP contribution in [0.3, 0.4) is 0 Å². The lowest BCUT2D eigenvalue weighted by Gasteiger charge is -2.56. The van der Waals surface area contributed by atoms with E-state index in [2.05, 4.69) is 30.1 Å². The zero-order valence-electron chi connectivity index (χ0n) is 18.5. The number of anilines is 2. The van der Waals surface area contributed by atoms with Crippen LogP contribution in [-0.2, 0) is 16.0 Å². The second-order valence-electron chi connectivity index (χ2n) is 9.29. The van der Waals surface area contributed by atoms with Crippen LogP contribution in [0.25, 0.3) is 0 Å². The number of ether oxygens (including phenoxy) is 1. The molecule has 7 heteroatoms. The number of carbonyl (C=O) groups excluding carboxylic acids is 3. The zero-order valence-corrected chi connectivity index (χ0v) is 18.5. The standard InChI is InChI=1S/C25H27N3O4/c1-15-12-16(2)21-25(13-17-6-4-5-7-20(17)27(21)14-15)22(29)26-24(31)28(23(25)30)18-8-10-19(32-3)11-9-18/h4-11,15-16,21H,12-14H2,1-3H3,(H,26,29,31)/t15-,16+,21-,25+/m1/s1. The predicted molar refractivity (Wildman–Crippen MR) is 121 cm³/mol. The van der Waals surface area contributed by atoms with Crippen molar-refractivity contribution in [2.45, 2.75) is 32.7 Å². The molecule has 4 amide bonds. The van der Waals surface area contributed by atoms with E-state index < -0.39 is 23.3 Å². The summed E-state index contributed by atoms with van der Waals surface area (Å²) in [6.45, 7) is 5.08. The van der Waals surface area contributed by atoms with Gasteiger partial charge in [-0.1, -0.05) is 32.0 Å². The molecule has 2 aromatic carbocycles. The number of urea groups is 1. The molecule has 0 radical (unpaired) electrons. The lowest BCUT2D eigenvalue weighted by atomic mass is 9.62. The topological polar surface area (TPSA) is 79.0 Å². The van der Waals surface area contributed by atoms with Crippen molar-refractivity contribution in [3.8, 4) is 5.75 Å². The van der Waals surface area contributed by atoms with Gasteiger partial charge in [-0.15, -0.1) is 0 Å². The van der Waals surface area contributed by atoms with Crippen LogP contribution in [0.15, 0.2) is 48.5 Å². The van der Waals surface area contributed by atoms with E-state index in [4.69, 9.17) is 4.74 Å². The van der Waals surface area contributed by atoms with Crippen LogP contribution in [0.4, 0.5) is 16.2 Å². The molecule has 2 saturated heterocycles. The van der Waals surface area contributed by atoms with E-state index in [0.29, 0.717) is 17.4 Å². The Morgan fingerprint density at radius 1 is 1.03 bits per heavy atom. The minimum Gasteiger partial charge on any atom is -0.497 e. The Kier molecular flexibility index (Phi) is 4.73.